The third-order valence-electron chi connectivity index (χ3n) is 1.81. The van der Waals surface area contributed by atoms with Crippen molar-refractivity contribution < 1.29 is 19.4 Å². The summed E-state index contributed by atoms with van der Waals surface area (Å²) >= 11 is 0. The molecule has 1 fully saturated rings. The molecule has 0 aliphatic carbocycles. The first-order chi connectivity index (χ1) is 6.59. The second-order valence-corrected chi connectivity index (χ2v) is 2.94. The van der Waals surface area contributed by atoms with Gasteiger partial charge in [0, 0.05) is 13.5 Å². The number of aliphatic hydroxyl groups excluding tert-OH is 1. The summed E-state index contributed by atoms with van der Waals surface area (Å²) < 4.78 is 10.1. The number of rotatable bonds is 2. The fraction of sp³-hybridized carbons (Fsp3) is 0.857. The molecule has 0 spiro atoms. The fourth-order valence-electron chi connectivity index (χ4n) is 1.08. The molecule has 5 N–H and O–H groups in total. The molecule has 0 aromatic heterocycles. The third-order valence-corrected chi connectivity index (χ3v) is 1.81. The fourth-order valence-corrected chi connectivity index (χ4v) is 1.08. The van der Waals surface area contributed by atoms with E-state index in [1.54, 1.807) is 0 Å². The number of nitrogens with two attached hydrogens (primary N) is 1. The Labute approximate surface area is 81.5 Å². The minimum absolute atomic E-state index is 0.325. The number of ether oxygens (including phenoxy) is 2. The molecule has 0 saturated carbocycles. The zero-order valence-corrected chi connectivity index (χ0v) is 7.95. The zero-order chi connectivity index (χ0) is 10.6. The van der Waals surface area contributed by atoms with Crippen LogP contribution >= 0.6 is 0 Å². The van der Waals surface area contributed by atoms with E-state index in [0.717, 1.165) is 0 Å². The summed E-state index contributed by atoms with van der Waals surface area (Å²) in [7, 11) is 1.50. The molecule has 0 aromatic carbocycles. The third kappa shape index (κ3) is 2.81. The number of urea groups is 1. The van der Waals surface area contributed by atoms with Crippen LogP contribution in [0, 0.1) is 0 Å². The molecule has 1 unspecified atom stereocenters. The Morgan fingerprint density at radius 3 is 3.07 bits per heavy atom. The molecule has 0 radical (unpaired) electrons. The van der Waals surface area contributed by atoms with Crippen molar-refractivity contribution in [2.24, 2.45) is 5.73 Å². The lowest BCUT2D eigenvalue weighted by atomic mass is 10.3. The van der Waals surface area contributed by atoms with Crippen LogP contribution in [-0.4, -0.2) is 43.5 Å². The Kier molecular flexibility index (Phi) is 3.64. The Balaban J connectivity index is 2.44. The smallest absolute Gasteiger partial charge is 0.316 e. The van der Waals surface area contributed by atoms with Gasteiger partial charge < -0.3 is 25.2 Å². The van der Waals surface area contributed by atoms with E-state index in [0.29, 0.717) is 13.0 Å². The molecule has 1 saturated heterocycles. The van der Waals surface area contributed by atoms with Crippen LogP contribution in [0.25, 0.3) is 0 Å². The van der Waals surface area contributed by atoms with Gasteiger partial charge in [0.15, 0.2) is 0 Å². The first-order valence-corrected chi connectivity index (χ1v) is 4.29. The predicted octanol–water partition coefficient (Wildman–Crippen LogP) is -1.72. The Morgan fingerprint density at radius 2 is 2.50 bits per heavy atom. The van der Waals surface area contributed by atoms with Gasteiger partial charge in [-0.25, -0.2) is 4.79 Å². The maximum atomic E-state index is 10.9. The maximum absolute atomic E-state index is 10.9. The van der Waals surface area contributed by atoms with Crippen LogP contribution in [0.15, 0.2) is 0 Å². The van der Waals surface area contributed by atoms with Crippen molar-refractivity contribution in [3.63, 3.8) is 0 Å². The SMILES string of the molecule is CNC(=O)N[C@H]1CCOC(N)(CO)O1. The lowest BCUT2D eigenvalue weighted by Gasteiger charge is -2.36. The molecule has 1 aliphatic rings. The van der Waals surface area contributed by atoms with Gasteiger partial charge in [0.05, 0.1) is 6.61 Å². The zero-order valence-electron chi connectivity index (χ0n) is 7.95. The van der Waals surface area contributed by atoms with Gasteiger partial charge >= 0.3 is 6.03 Å². The number of nitrogens with one attached hydrogen (secondary N) is 2. The molecule has 1 aliphatic heterocycles. The largest absolute Gasteiger partial charge is 0.389 e. The summed E-state index contributed by atoms with van der Waals surface area (Å²) in [5, 5.41) is 13.8. The number of hydrogen-bond acceptors (Lipinski definition) is 5. The van der Waals surface area contributed by atoms with E-state index in [9.17, 15) is 4.79 Å². The summed E-state index contributed by atoms with van der Waals surface area (Å²) in [6.45, 7) is -0.134. The van der Waals surface area contributed by atoms with Gasteiger partial charge in [-0.2, -0.15) is 0 Å². The summed E-state index contributed by atoms with van der Waals surface area (Å²) in [6.07, 6.45) is -0.0484. The van der Waals surface area contributed by atoms with Crippen molar-refractivity contribution in [3.05, 3.63) is 0 Å². The van der Waals surface area contributed by atoms with Gasteiger partial charge in [0.2, 0.25) is 0 Å². The Morgan fingerprint density at radius 1 is 1.79 bits per heavy atom. The van der Waals surface area contributed by atoms with Crippen LogP contribution in [-0.2, 0) is 9.47 Å². The van der Waals surface area contributed by atoms with E-state index in [1.165, 1.54) is 7.05 Å². The van der Waals surface area contributed by atoms with Crippen molar-refractivity contribution in [3.8, 4) is 0 Å². The van der Waals surface area contributed by atoms with Crippen molar-refractivity contribution >= 4 is 6.03 Å². The van der Waals surface area contributed by atoms with Gasteiger partial charge in [-0.15, -0.1) is 0 Å². The average molecular weight is 205 g/mol. The highest BCUT2D eigenvalue weighted by Crippen LogP contribution is 2.15. The van der Waals surface area contributed by atoms with Gasteiger partial charge in [-0.1, -0.05) is 0 Å². The van der Waals surface area contributed by atoms with E-state index >= 15 is 0 Å². The summed E-state index contributed by atoms with van der Waals surface area (Å²) in [5.41, 5.74) is 5.50. The minimum atomic E-state index is -1.51. The van der Waals surface area contributed by atoms with Crippen LogP contribution in [0.2, 0.25) is 0 Å². The highest BCUT2D eigenvalue weighted by molar-refractivity contribution is 5.73. The number of carbonyl (C=O) groups is 1. The average Bonchev–Trinajstić information content (AvgIpc) is 2.18. The number of amides is 2. The maximum Gasteiger partial charge on any atom is 0.316 e. The highest BCUT2D eigenvalue weighted by atomic mass is 16.7. The number of carbonyl (C=O) groups excluding carboxylic acids is 1. The molecule has 1 heterocycles. The molecule has 0 aromatic rings. The quantitative estimate of drug-likeness (QED) is 0.429. The first-order valence-electron chi connectivity index (χ1n) is 4.29. The molecule has 14 heavy (non-hydrogen) atoms. The van der Waals surface area contributed by atoms with Crippen molar-refractivity contribution in [1.29, 1.82) is 0 Å². The molecule has 7 heteroatoms. The number of hydrogen-bond donors (Lipinski definition) is 4. The molecule has 2 amide bonds. The van der Waals surface area contributed by atoms with Crippen molar-refractivity contribution in [2.75, 3.05) is 20.3 Å². The van der Waals surface area contributed by atoms with Crippen molar-refractivity contribution in [1.82, 2.24) is 10.6 Å². The standard InChI is InChI=1S/C7H15N3O4/c1-9-6(12)10-5-2-3-13-7(8,4-11)14-5/h5,11H,2-4,8H2,1H3,(H2,9,10,12)/t5-,7?/m1/s1. The summed E-state index contributed by atoms with van der Waals surface area (Å²) in [5.74, 6) is -1.51. The second kappa shape index (κ2) is 4.56. The summed E-state index contributed by atoms with van der Waals surface area (Å²) in [4.78, 5) is 10.9. The molecule has 0 bridgehead atoms. The molecule has 1 rings (SSSR count). The summed E-state index contributed by atoms with van der Waals surface area (Å²) in [6, 6.07) is -0.364. The lowest BCUT2D eigenvalue weighted by molar-refractivity contribution is -0.306. The van der Waals surface area contributed by atoms with Gasteiger partial charge in [-0.3, -0.25) is 5.73 Å². The normalized spacial score (nSPS) is 32.4. The van der Waals surface area contributed by atoms with Gasteiger partial charge in [0.1, 0.15) is 12.8 Å². The van der Waals surface area contributed by atoms with Crippen molar-refractivity contribution in [2.45, 2.75) is 18.6 Å². The van der Waals surface area contributed by atoms with E-state index < -0.39 is 18.7 Å². The first kappa shape index (κ1) is 11.2. The Hall–Kier alpha value is -0.890. The Bertz CT molecular complexity index is 213. The minimum Gasteiger partial charge on any atom is -0.389 e. The monoisotopic (exact) mass is 205 g/mol. The van der Waals surface area contributed by atoms with Crippen LogP contribution in [0.1, 0.15) is 6.42 Å². The van der Waals surface area contributed by atoms with E-state index in [4.69, 9.17) is 20.3 Å². The second-order valence-electron chi connectivity index (χ2n) is 2.94. The predicted molar refractivity (Wildman–Crippen MR) is 47.0 cm³/mol. The van der Waals surface area contributed by atoms with E-state index in [2.05, 4.69) is 10.6 Å². The molecule has 2 atom stereocenters. The molecular formula is C7H15N3O4. The van der Waals surface area contributed by atoms with Crippen LogP contribution < -0.4 is 16.4 Å². The lowest BCUT2D eigenvalue weighted by Crippen LogP contribution is -2.59. The molecule has 7 nitrogen and oxygen atoms in total. The number of aliphatic hydroxyl groups is 1. The highest BCUT2D eigenvalue weighted by Gasteiger charge is 2.34. The molecule has 82 valence electrons. The van der Waals surface area contributed by atoms with Gasteiger partial charge in [0.25, 0.3) is 5.91 Å². The van der Waals surface area contributed by atoms with Crippen LogP contribution in [0.4, 0.5) is 4.79 Å². The topological polar surface area (TPSA) is 106 Å². The van der Waals surface area contributed by atoms with E-state index in [-0.39, 0.29) is 6.03 Å². The van der Waals surface area contributed by atoms with Gasteiger partial charge in [-0.05, 0) is 0 Å². The van der Waals surface area contributed by atoms with Crippen LogP contribution in [0.5, 0.6) is 0 Å². The molecular weight excluding hydrogens is 190 g/mol. The van der Waals surface area contributed by atoms with E-state index in [1.807, 2.05) is 0 Å². The van der Waals surface area contributed by atoms with Crippen LogP contribution in [0.3, 0.4) is 0 Å².